The van der Waals surface area contributed by atoms with Gasteiger partial charge < -0.3 is 14.4 Å². The number of carbonyl (C=O) groups is 1. The van der Waals surface area contributed by atoms with E-state index in [2.05, 4.69) is 28.5 Å². The van der Waals surface area contributed by atoms with E-state index in [4.69, 9.17) is 9.47 Å². The van der Waals surface area contributed by atoms with Crippen LogP contribution >= 0.6 is 0 Å². The lowest BCUT2D eigenvalue weighted by atomic mass is 10.0. The van der Waals surface area contributed by atoms with Gasteiger partial charge in [-0.2, -0.15) is 0 Å². The summed E-state index contributed by atoms with van der Waals surface area (Å²) in [6.07, 6.45) is 4.04. The third-order valence-corrected chi connectivity index (χ3v) is 6.84. The average molecular weight is 434 g/mol. The molecule has 1 atom stereocenters. The first-order chi connectivity index (χ1) is 15.7. The molecule has 2 aromatic carbocycles. The molecule has 3 aliphatic rings. The van der Waals surface area contributed by atoms with Crippen molar-refractivity contribution in [3.05, 3.63) is 65.7 Å². The van der Waals surface area contributed by atoms with Gasteiger partial charge in [-0.3, -0.25) is 14.6 Å². The summed E-state index contributed by atoms with van der Waals surface area (Å²) in [6, 6.07) is 14.4. The van der Waals surface area contributed by atoms with Crippen molar-refractivity contribution in [2.24, 2.45) is 0 Å². The van der Waals surface area contributed by atoms with Crippen molar-refractivity contribution >= 4 is 12.0 Å². The molecule has 6 nitrogen and oxygen atoms in total. The molecule has 0 N–H and O–H groups in total. The number of fused-ring (bicyclic) bond motifs is 1. The minimum absolute atomic E-state index is 0.145. The van der Waals surface area contributed by atoms with Gasteiger partial charge in [0, 0.05) is 57.4 Å². The van der Waals surface area contributed by atoms with E-state index in [1.165, 1.54) is 12.0 Å². The summed E-state index contributed by atoms with van der Waals surface area (Å²) in [6.45, 7) is 10.9. The van der Waals surface area contributed by atoms with Crippen LogP contribution < -0.4 is 9.47 Å². The van der Waals surface area contributed by atoms with Crippen molar-refractivity contribution in [2.45, 2.75) is 25.4 Å². The number of rotatable bonds is 5. The van der Waals surface area contributed by atoms with Crippen LogP contribution in [0, 0.1) is 0 Å². The van der Waals surface area contributed by atoms with Gasteiger partial charge in [0.2, 0.25) is 6.79 Å². The first-order valence-corrected chi connectivity index (χ1v) is 11.6. The lowest BCUT2D eigenvalue weighted by Gasteiger charge is -2.43. The number of hydrogen-bond acceptors (Lipinski definition) is 5. The Hall–Kier alpha value is -2.83. The Morgan fingerprint density at radius 3 is 2.56 bits per heavy atom. The van der Waals surface area contributed by atoms with Gasteiger partial charge in [-0.05, 0) is 48.2 Å². The number of likely N-dealkylation sites (tertiary alicyclic amines) is 1. The fraction of sp³-hybridized carbons (Fsp3) is 0.423. The molecular formula is C26H31N3O3. The summed E-state index contributed by atoms with van der Waals surface area (Å²) >= 11 is 0. The number of piperidine rings is 1. The molecular weight excluding hydrogens is 402 g/mol. The molecule has 3 heterocycles. The van der Waals surface area contributed by atoms with Gasteiger partial charge >= 0.3 is 0 Å². The molecule has 6 heteroatoms. The van der Waals surface area contributed by atoms with Gasteiger partial charge in [-0.1, -0.05) is 30.9 Å². The Kier molecular flexibility index (Phi) is 6.14. The van der Waals surface area contributed by atoms with Crippen molar-refractivity contribution in [1.29, 1.82) is 0 Å². The highest BCUT2D eigenvalue weighted by Crippen LogP contribution is 2.33. The van der Waals surface area contributed by atoms with E-state index in [1.807, 2.05) is 35.2 Å². The number of piperazine rings is 1. The SMILES string of the molecule is C=Cc1ccc(C(=O)N2CCC[C@@H](N3CCN(Cc4ccc5c(c4)OCO5)CC3)C2)cc1. The summed E-state index contributed by atoms with van der Waals surface area (Å²) < 4.78 is 10.9. The predicted molar refractivity (Wildman–Crippen MR) is 125 cm³/mol. The van der Waals surface area contributed by atoms with Crippen LogP contribution in [0.4, 0.5) is 0 Å². The smallest absolute Gasteiger partial charge is 0.253 e. The van der Waals surface area contributed by atoms with Crippen LogP contribution in [0.25, 0.3) is 6.08 Å². The normalized spacial score (nSPS) is 21.5. The van der Waals surface area contributed by atoms with Gasteiger partial charge in [-0.25, -0.2) is 0 Å². The molecule has 3 aliphatic heterocycles. The van der Waals surface area contributed by atoms with Crippen LogP contribution in [0.1, 0.15) is 34.3 Å². The number of benzene rings is 2. The maximum absolute atomic E-state index is 13.0. The van der Waals surface area contributed by atoms with Gasteiger partial charge in [0.15, 0.2) is 11.5 Å². The Morgan fingerprint density at radius 2 is 1.78 bits per heavy atom. The molecule has 0 aromatic heterocycles. The molecule has 0 radical (unpaired) electrons. The van der Waals surface area contributed by atoms with Crippen LogP contribution in [0.15, 0.2) is 49.0 Å². The molecule has 0 spiro atoms. The fourth-order valence-electron chi connectivity index (χ4n) is 4.97. The molecule has 2 aromatic rings. The van der Waals surface area contributed by atoms with Crippen molar-refractivity contribution in [3.8, 4) is 11.5 Å². The van der Waals surface area contributed by atoms with E-state index < -0.39 is 0 Å². The molecule has 5 rings (SSSR count). The average Bonchev–Trinajstić information content (AvgIpc) is 3.32. The third-order valence-electron chi connectivity index (χ3n) is 6.84. The van der Waals surface area contributed by atoms with E-state index in [9.17, 15) is 4.79 Å². The van der Waals surface area contributed by atoms with Crippen LogP contribution in [0.3, 0.4) is 0 Å². The molecule has 1 amide bonds. The topological polar surface area (TPSA) is 45.3 Å². The largest absolute Gasteiger partial charge is 0.454 e. The zero-order chi connectivity index (χ0) is 21.9. The van der Waals surface area contributed by atoms with Crippen LogP contribution in [0.5, 0.6) is 11.5 Å². The van der Waals surface area contributed by atoms with E-state index in [0.29, 0.717) is 12.8 Å². The van der Waals surface area contributed by atoms with E-state index in [-0.39, 0.29) is 5.91 Å². The maximum Gasteiger partial charge on any atom is 0.253 e. The molecule has 32 heavy (non-hydrogen) atoms. The molecule has 2 saturated heterocycles. The fourth-order valence-corrected chi connectivity index (χ4v) is 4.97. The van der Waals surface area contributed by atoms with Gasteiger partial charge in [0.25, 0.3) is 5.91 Å². The Bertz CT molecular complexity index is 967. The quantitative estimate of drug-likeness (QED) is 0.723. The summed E-state index contributed by atoms with van der Waals surface area (Å²) in [7, 11) is 0. The monoisotopic (exact) mass is 433 g/mol. The standard InChI is InChI=1S/C26H31N3O3/c1-2-20-5-8-22(9-6-20)26(30)29-11-3-4-23(18-29)28-14-12-27(13-15-28)17-21-7-10-24-25(16-21)32-19-31-24/h2,5-10,16,23H,1,3-4,11-15,17-19H2/t23-/m1/s1. The van der Waals surface area contributed by atoms with E-state index in [1.54, 1.807) is 6.08 Å². The van der Waals surface area contributed by atoms with Gasteiger partial charge in [-0.15, -0.1) is 0 Å². The Morgan fingerprint density at radius 1 is 1.00 bits per heavy atom. The number of carbonyl (C=O) groups excluding carboxylic acids is 1. The molecule has 2 fully saturated rings. The lowest BCUT2D eigenvalue weighted by Crippen LogP contribution is -2.55. The summed E-state index contributed by atoms with van der Waals surface area (Å²) in [5.41, 5.74) is 3.07. The first kappa shape index (κ1) is 21.0. The first-order valence-electron chi connectivity index (χ1n) is 11.6. The van der Waals surface area contributed by atoms with Gasteiger partial charge in [0.05, 0.1) is 0 Å². The summed E-state index contributed by atoms with van der Waals surface area (Å²) in [4.78, 5) is 20.1. The zero-order valence-electron chi connectivity index (χ0n) is 18.5. The Balaban J connectivity index is 1.14. The van der Waals surface area contributed by atoms with Gasteiger partial charge in [0.1, 0.15) is 0 Å². The number of hydrogen-bond donors (Lipinski definition) is 0. The molecule has 0 saturated carbocycles. The van der Waals surface area contributed by atoms with Crippen molar-refractivity contribution < 1.29 is 14.3 Å². The summed E-state index contributed by atoms with van der Waals surface area (Å²) in [5, 5.41) is 0. The molecule has 0 aliphatic carbocycles. The highest BCUT2D eigenvalue weighted by molar-refractivity contribution is 5.94. The van der Waals surface area contributed by atoms with Crippen molar-refractivity contribution in [2.75, 3.05) is 46.1 Å². The third kappa shape index (κ3) is 4.52. The maximum atomic E-state index is 13.0. The second-order valence-corrected chi connectivity index (χ2v) is 8.87. The lowest BCUT2D eigenvalue weighted by molar-refractivity contribution is 0.0407. The Labute approximate surface area is 190 Å². The molecule has 168 valence electrons. The van der Waals surface area contributed by atoms with Crippen LogP contribution in [-0.2, 0) is 6.54 Å². The minimum Gasteiger partial charge on any atom is -0.454 e. The highest BCUT2D eigenvalue weighted by Gasteiger charge is 2.30. The number of ether oxygens (including phenoxy) is 2. The second kappa shape index (κ2) is 9.35. The van der Waals surface area contributed by atoms with E-state index >= 15 is 0 Å². The van der Waals surface area contributed by atoms with Crippen LogP contribution in [0.2, 0.25) is 0 Å². The number of nitrogens with zero attached hydrogens (tertiary/aromatic N) is 3. The van der Waals surface area contributed by atoms with Crippen molar-refractivity contribution in [1.82, 2.24) is 14.7 Å². The zero-order valence-corrected chi connectivity index (χ0v) is 18.5. The molecule has 0 unspecified atom stereocenters. The van der Waals surface area contributed by atoms with Crippen LogP contribution in [-0.4, -0.2) is 72.7 Å². The van der Waals surface area contributed by atoms with Crippen molar-refractivity contribution in [3.63, 3.8) is 0 Å². The number of amides is 1. The minimum atomic E-state index is 0.145. The van der Waals surface area contributed by atoms with E-state index in [0.717, 1.165) is 74.9 Å². The summed E-state index contributed by atoms with van der Waals surface area (Å²) in [5.74, 6) is 1.84. The molecule has 0 bridgehead atoms. The second-order valence-electron chi connectivity index (χ2n) is 8.87. The predicted octanol–water partition coefficient (Wildman–Crippen LogP) is 3.48. The highest BCUT2D eigenvalue weighted by atomic mass is 16.7.